The topological polar surface area (TPSA) is 36.1 Å². The van der Waals surface area contributed by atoms with Crippen LogP contribution in [-0.2, 0) is 17.8 Å². The van der Waals surface area contributed by atoms with Gasteiger partial charge in [-0.25, -0.2) is 4.39 Å². The number of hydrogen-bond donors (Lipinski definition) is 1. The molecule has 2 aromatic rings. The van der Waals surface area contributed by atoms with Crippen LogP contribution in [-0.4, -0.2) is 22.3 Å². The van der Waals surface area contributed by atoms with E-state index in [0.29, 0.717) is 12.5 Å². The van der Waals surface area contributed by atoms with Crippen molar-refractivity contribution >= 4 is 16.8 Å². The Labute approximate surface area is 116 Å². The zero-order valence-corrected chi connectivity index (χ0v) is 11.3. The van der Waals surface area contributed by atoms with Crippen LogP contribution in [0.15, 0.2) is 18.2 Å². The van der Waals surface area contributed by atoms with Crippen molar-refractivity contribution < 1.29 is 9.18 Å². The zero-order chi connectivity index (χ0) is 13.7. The number of fused-ring (bicyclic) bond motifs is 3. The second-order valence-corrected chi connectivity index (χ2v) is 5.91. The van der Waals surface area contributed by atoms with Gasteiger partial charge in [0.05, 0.1) is 0 Å². The third-order valence-corrected chi connectivity index (χ3v) is 4.70. The number of hydrogen-bond acceptors (Lipinski definition) is 1. The van der Waals surface area contributed by atoms with Crippen molar-refractivity contribution in [3.05, 3.63) is 35.3 Å². The molecule has 1 fully saturated rings. The van der Waals surface area contributed by atoms with E-state index in [2.05, 4.69) is 4.98 Å². The molecule has 20 heavy (non-hydrogen) atoms. The normalized spacial score (nSPS) is 18.9. The van der Waals surface area contributed by atoms with Gasteiger partial charge in [0.2, 0.25) is 5.91 Å². The lowest BCUT2D eigenvalue weighted by Crippen LogP contribution is -2.41. The average molecular weight is 272 g/mol. The number of amides is 1. The molecule has 1 aromatic heterocycles. The first-order valence-corrected chi connectivity index (χ1v) is 7.30. The fourth-order valence-electron chi connectivity index (χ4n) is 3.30. The monoisotopic (exact) mass is 272 g/mol. The van der Waals surface area contributed by atoms with E-state index < -0.39 is 0 Å². The number of benzene rings is 1. The number of halogens is 1. The minimum Gasteiger partial charge on any atom is -0.358 e. The van der Waals surface area contributed by atoms with Gasteiger partial charge < -0.3 is 9.88 Å². The van der Waals surface area contributed by atoms with Crippen molar-refractivity contribution in [2.75, 3.05) is 6.54 Å². The van der Waals surface area contributed by atoms with Gasteiger partial charge in [0.1, 0.15) is 5.82 Å². The van der Waals surface area contributed by atoms with Gasteiger partial charge >= 0.3 is 0 Å². The molecule has 0 bridgehead atoms. The zero-order valence-electron chi connectivity index (χ0n) is 11.3. The minimum atomic E-state index is -0.224. The van der Waals surface area contributed by atoms with Crippen molar-refractivity contribution in [1.82, 2.24) is 9.88 Å². The van der Waals surface area contributed by atoms with Crippen LogP contribution in [0.5, 0.6) is 0 Å². The summed E-state index contributed by atoms with van der Waals surface area (Å²) in [6.45, 7) is 1.44. The van der Waals surface area contributed by atoms with Crippen LogP contribution in [0.2, 0.25) is 0 Å². The Hall–Kier alpha value is -1.84. The molecule has 2 heterocycles. The number of nitrogens with zero attached hydrogens (tertiary/aromatic N) is 1. The van der Waals surface area contributed by atoms with Crippen LogP contribution in [0, 0.1) is 11.7 Å². The fourth-order valence-corrected chi connectivity index (χ4v) is 3.30. The van der Waals surface area contributed by atoms with Crippen LogP contribution >= 0.6 is 0 Å². The maximum Gasteiger partial charge on any atom is 0.225 e. The molecule has 1 aliphatic carbocycles. The Bertz CT molecular complexity index is 687. The molecular formula is C16H17FN2O. The van der Waals surface area contributed by atoms with Gasteiger partial charge in [0, 0.05) is 47.6 Å². The molecule has 1 N–H and O–H groups in total. The number of aromatic amines is 1. The maximum atomic E-state index is 13.3. The number of carbonyl (C=O) groups is 1. The van der Waals surface area contributed by atoms with E-state index in [4.69, 9.17) is 0 Å². The van der Waals surface area contributed by atoms with Crippen molar-refractivity contribution in [2.24, 2.45) is 5.92 Å². The summed E-state index contributed by atoms with van der Waals surface area (Å²) in [5, 5.41) is 1.05. The largest absolute Gasteiger partial charge is 0.358 e. The maximum absolute atomic E-state index is 13.3. The molecule has 4 heteroatoms. The molecule has 0 saturated heterocycles. The molecule has 4 rings (SSSR count). The predicted octanol–water partition coefficient (Wildman–Crippen LogP) is 2.99. The molecule has 0 spiro atoms. The standard InChI is InChI=1S/C16H17FN2O/c17-11-4-5-12-13-9-19(16(20)10-2-1-3-10)7-6-14(13)18-15(12)8-11/h4-5,8,10,18H,1-3,6-7,9H2. The fraction of sp³-hybridized carbons (Fsp3) is 0.438. The SMILES string of the molecule is O=C(C1CCC1)N1CCc2[nH]c3cc(F)ccc3c2C1. The third-order valence-electron chi connectivity index (χ3n) is 4.70. The Kier molecular flexibility index (Phi) is 2.59. The summed E-state index contributed by atoms with van der Waals surface area (Å²) in [5.74, 6) is 0.330. The van der Waals surface area contributed by atoms with Crippen molar-refractivity contribution in [1.29, 1.82) is 0 Å². The van der Waals surface area contributed by atoms with E-state index in [1.807, 2.05) is 11.0 Å². The van der Waals surface area contributed by atoms with E-state index in [9.17, 15) is 9.18 Å². The molecular weight excluding hydrogens is 255 g/mol. The Morgan fingerprint density at radius 1 is 1.35 bits per heavy atom. The predicted molar refractivity (Wildman–Crippen MR) is 74.7 cm³/mol. The van der Waals surface area contributed by atoms with Gasteiger partial charge in [-0.2, -0.15) is 0 Å². The minimum absolute atomic E-state index is 0.224. The Balaban J connectivity index is 1.67. The van der Waals surface area contributed by atoms with Gasteiger partial charge in [0.15, 0.2) is 0 Å². The lowest BCUT2D eigenvalue weighted by Gasteiger charge is -2.34. The van der Waals surface area contributed by atoms with Crippen LogP contribution < -0.4 is 0 Å². The summed E-state index contributed by atoms with van der Waals surface area (Å²) in [4.78, 5) is 17.6. The molecule has 1 saturated carbocycles. The molecule has 104 valence electrons. The summed E-state index contributed by atoms with van der Waals surface area (Å²) < 4.78 is 13.3. The van der Waals surface area contributed by atoms with Gasteiger partial charge in [-0.15, -0.1) is 0 Å². The summed E-state index contributed by atoms with van der Waals surface area (Å²) in [6.07, 6.45) is 4.11. The Morgan fingerprint density at radius 2 is 2.20 bits per heavy atom. The lowest BCUT2D eigenvalue weighted by molar-refractivity contribution is -0.139. The number of aromatic nitrogens is 1. The number of nitrogens with one attached hydrogen (secondary N) is 1. The van der Waals surface area contributed by atoms with Crippen molar-refractivity contribution in [2.45, 2.75) is 32.2 Å². The first-order valence-electron chi connectivity index (χ1n) is 7.30. The summed E-state index contributed by atoms with van der Waals surface area (Å²) in [6, 6.07) is 4.84. The van der Waals surface area contributed by atoms with Gasteiger partial charge in [0.25, 0.3) is 0 Å². The molecule has 1 aromatic carbocycles. The van der Waals surface area contributed by atoms with Gasteiger partial charge in [-0.1, -0.05) is 6.42 Å². The Morgan fingerprint density at radius 3 is 2.95 bits per heavy atom. The summed E-state index contributed by atoms with van der Waals surface area (Å²) in [5.41, 5.74) is 3.16. The molecule has 0 atom stereocenters. The highest BCUT2D eigenvalue weighted by Gasteiger charge is 2.32. The first-order chi connectivity index (χ1) is 9.72. The highest BCUT2D eigenvalue weighted by Crippen LogP contribution is 2.32. The van der Waals surface area contributed by atoms with E-state index in [-0.39, 0.29) is 11.7 Å². The van der Waals surface area contributed by atoms with Gasteiger partial charge in [-0.3, -0.25) is 4.79 Å². The molecule has 2 aliphatic rings. The van der Waals surface area contributed by atoms with Crippen molar-refractivity contribution in [3.8, 4) is 0 Å². The molecule has 1 amide bonds. The van der Waals surface area contributed by atoms with Gasteiger partial charge in [-0.05, 0) is 31.0 Å². The third kappa shape index (κ3) is 1.74. The van der Waals surface area contributed by atoms with Crippen LogP contribution in [0.4, 0.5) is 4.39 Å². The number of H-pyrrole nitrogens is 1. The first kappa shape index (κ1) is 11.9. The van der Waals surface area contributed by atoms with E-state index in [1.54, 1.807) is 0 Å². The number of carbonyl (C=O) groups excluding carboxylic acids is 1. The van der Waals surface area contributed by atoms with E-state index in [0.717, 1.165) is 42.4 Å². The van der Waals surface area contributed by atoms with Crippen LogP contribution in [0.25, 0.3) is 10.9 Å². The average Bonchev–Trinajstić information content (AvgIpc) is 2.72. The summed E-state index contributed by atoms with van der Waals surface area (Å²) >= 11 is 0. The van der Waals surface area contributed by atoms with E-state index in [1.165, 1.54) is 24.1 Å². The molecule has 3 nitrogen and oxygen atoms in total. The quantitative estimate of drug-likeness (QED) is 0.851. The second kappa shape index (κ2) is 4.33. The molecule has 0 unspecified atom stereocenters. The highest BCUT2D eigenvalue weighted by molar-refractivity contribution is 5.86. The highest BCUT2D eigenvalue weighted by atomic mass is 19.1. The number of rotatable bonds is 1. The smallest absolute Gasteiger partial charge is 0.225 e. The molecule has 0 radical (unpaired) electrons. The van der Waals surface area contributed by atoms with Crippen LogP contribution in [0.1, 0.15) is 30.5 Å². The lowest BCUT2D eigenvalue weighted by atomic mass is 9.84. The summed E-state index contributed by atoms with van der Waals surface area (Å²) in [7, 11) is 0. The second-order valence-electron chi connectivity index (χ2n) is 5.91. The molecule has 1 aliphatic heterocycles. The van der Waals surface area contributed by atoms with Crippen molar-refractivity contribution in [3.63, 3.8) is 0 Å². The van der Waals surface area contributed by atoms with E-state index >= 15 is 0 Å². The van der Waals surface area contributed by atoms with Crippen LogP contribution in [0.3, 0.4) is 0 Å².